The Hall–Kier alpha value is -1.66. The van der Waals surface area contributed by atoms with E-state index in [2.05, 4.69) is 31.3 Å². The zero-order chi connectivity index (χ0) is 39.5. The summed E-state index contributed by atoms with van der Waals surface area (Å²) in [5, 5.41) is 45.1. The zero-order valence-electron chi connectivity index (χ0n) is 33.5. The Morgan fingerprint density at radius 1 is 0.849 bits per heavy atom. The molecule has 11 nitrogen and oxygen atoms in total. The molecule has 0 heterocycles. The number of hydrogen-bond donors (Lipinski definition) is 5. The van der Waals surface area contributed by atoms with E-state index >= 15 is 0 Å². The number of hydrogen-bond acceptors (Lipinski definition) is 9. The van der Waals surface area contributed by atoms with Gasteiger partial charge >= 0.3 is 0 Å². The number of phosphoric ester groups is 1. The summed E-state index contributed by atoms with van der Waals surface area (Å²) in [4.78, 5) is 25.4. The number of carbonyl (C=O) groups is 1. The number of nitrogens with zero attached hydrogens (tertiary/aromatic N) is 1. The molecular formula is C41H75N2O9P. The monoisotopic (exact) mass is 771 g/mol. The van der Waals surface area contributed by atoms with E-state index in [1.165, 1.54) is 25.7 Å². The highest BCUT2D eigenvalue weighted by Crippen LogP contribution is 2.38. The summed E-state index contributed by atoms with van der Waals surface area (Å²) in [6, 6.07) is -1.03. The van der Waals surface area contributed by atoms with E-state index in [1.807, 2.05) is 27.2 Å². The third-order valence-electron chi connectivity index (χ3n) is 9.58. The van der Waals surface area contributed by atoms with Gasteiger partial charge in [-0.1, -0.05) is 114 Å². The van der Waals surface area contributed by atoms with Crippen LogP contribution in [0.25, 0.3) is 0 Å². The third kappa shape index (κ3) is 25.2. The number of aliphatic hydroxyl groups excluding tert-OH is 4. The SMILES string of the molecule is CCC/C=C\CCCCCCCC/C=C/[C@@H](O)[C@H](COP(=O)([O-])OCC[N+](C)(C)C)NC(=O)C/C=C\C[C@H]1[C@@H](/C=C/[C@H](O)CCCCC)[C@H](O)C[C@@H]1O. The topological polar surface area (TPSA) is 169 Å². The summed E-state index contributed by atoms with van der Waals surface area (Å²) in [5.74, 6) is -1.02. The van der Waals surface area contributed by atoms with Crippen LogP contribution >= 0.6 is 7.82 Å². The maximum atomic E-state index is 13.0. The molecule has 0 aromatic heterocycles. The van der Waals surface area contributed by atoms with Crippen LogP contribution < -0.4 is 10.2 Å². The van der Waals surface area contributed by atoms with Crippen LogP contribution in [0.1, 0.15) is 123 Å². The Bertz CT molecular complexity index is 1120. The van der Waals surface area contributed by atoms with Crippen molar-refractivity contribution < 1.29 is 48.2 Å². The third-order valence-corrected chi connectivity index (χ3v) is 10.5. The minimum absolute atomic E-state index is 0.0426. The fourth-order valence-electron chi connectivity index (χ4n) is 6.24. The number of allylic oxidation sites excluding steroid dienone is 4. The van der Waals surface area contributed by atoms with Crippen LogP contribution in [0.15, 0.2) is 48.6 Å². The molecule has 0 aliphatic heterocycles. The molecule has 8 atom stereocenters. The van der Waals surface area contributed by atoms with Crippen molar-refractivity contribution in [2.24, 2.45) is 11.8 Å². The highest BCUT2D eigenvalue weighted by atomic mass is 31.2. The van der Waals surface area contributed by atoms with Gasteiger partial charge in [0.25, 0.3) is 7.82 Å². The molecule has 1 fully saturated rings. The second-order valence-corrected chi connectivity index (χ2v) is 17.0. The molecule has 0 aromatic carbocycles. The van der Waals surface area contributed by atoms with Crippen molar-refractivity contribution in [2.75, 3.05) is 40.9 Å². The van der Waals surface area contributed by atoms with E-state index in [1.54, 1.807) is 30.4 Å². The van der Waals surface area contributed by atoms with Crippen molar-refractivity contribution >= 4 is 13.7 Å². The van der Waals surface area contributed by atoms with E-state index in [-0.39, 0.29) is 31.3 Å². The number of carbonyl (C=O) groups excluding carboxylic acids is 1. The van der Waals surface area contributed by atoms with E-state index in [0.29, 0.717) is 23.9 Å². The van der Waals surface area contributed by atoms with Crippen molar-refractivity contribution in [3.05, 3.63) is 48.6 Å². The smallest absolute Gasteiger partial charge is 0.268 e. The number of phosphoric acid groups is 1. The van der Waals surface area contributed by atoms with Gasteiger partial charge in [0.2, 0.25) is 5.91 Å². The predicted molar refractivity (Wildman–Crippen MR) is 212 cm³/mol. The van der Waals surface area contributed by atoms with Gasteiger partial charge in [0.1, 0.15) is 13.2 Å². The first-order chi connectivity index (χ1) is 25.2. The number of nitrogens with one attached hydrogen (secondary N) is 1. The fraction of sp³-hybridized carbons (Fsp3) is 0.780. The van der Waals surface area contributed by atoms with Gasteiger partial charge in [-0.25, -0.2) is 0 Å². The molecule has 1 amide bonds. The van der Waals surface area contributed by atoms with E-state index < -0.39 is 50.8 Å². The van der Waals surface area contributed by atoms with Gasteiger partial charge < -0.3 is 44.2 Å². The summed E-state index contributed by atoms with van der Waals surface area (Å²) in [5.41, 5.74) is 0. The Morgan fingerprint density at radius 2 is 1.51 bits per heavy atom. The van der Waals surface area contributed by atoms with Crippen molar-refractivity contribution in [2.45, 2.75) is 153 Å². The van der Waals surface area contributed by atoms with Crippen molar-refractivity contribution in [1.82, 2.24) is 5.32 Å². The first-order valence-corrected chi connectivity index (χ1v) is 21.7. The molecule has 12 heteroatoms. The number of quaternary nitrogens is 1. The summed E-state index contributed by atoms with van der Waals surface area (Å²) in [7, 11) is 1.05. The maximum Gasteiger partial charge on any atom is 0.268 e. The quantitative estimate of drug-likeness (QED) is 0.0236. The summed E-state index contributed by atoms with van der Waals surface area (Å²) in [6.07, 6.45) is 27.1. The van der Waals surface area contributed by atoms with E-state index in [4.69, 9.17) is 9.05 Å². The average molecular weight is 771 g/mol. The van der Waals surface area contributed by atoms with E-state index in [0.717, 1.165) is 57.8 Å². The number of likely N-dealkylation sites (N-methyl/N-ethyl adjacent to an activating group) is 1. The highest BCUT2D eigenvalue weighted by molar-refractivity contribution is 7.45. The normalized spacial score (nSPS) is 22.7. The molecule has 0 radical (unpaired) electrons. The lowest BCUT2D eigenvalue weighted by atomic mass is 9.89. The number of rotatable bonds is 31. The van der Waals surface area contributed by atoms with Crippen LogP contribution in [0.4, 0.5) is 0 Å². The second-order valence-electron chi connectivity index (χ2n) is 15.6. The van der Waals surface area contributed by atoms with Crippen molar-refractivity contribution in [1.29, 1.82) is 0 Å². The lowest BCUT2D eigenvalue weighted by Gasteiger charge is -2.29. The van der Waals surface area contributed by atoms with Crippen molar-refractivity contribution in [3.63, 3.8) is 0 Å². The van der Waals surface area contributed by atoms with Gasteiger partial charge in [0, 0.05) is 18.8 Å². The molecule has 1 aliphatic rings. The van der Waals surface area contributed by atoms with Crippen LogP contribution in [0.3, 0.4) is 0 Å². The van der Waals surface area contributed by atoms with Crippen LogP contribution in [0, 0.1) is 11.8 Å². The first-order valence-electron chi connectivity index (χ1n) is 20.3. The second kappa shape index (κ2) is 28.7. The molecule has 1 saturated carbocycles. The molecule has 0 spiro atoms. The van der Waals surface area contributed by atoms with Crippen LogP contribution in [0.5, 0.6) is 0 Å². The lowest BCUT2D eigenvalue weighted by molar-refractivity contribution is -0.870. The lowest BCUT2D eigenvalue weighted by Crippen LogP contribution is -2.45. The fourth-order valence-corrected chi connectivity index (χ4v) is 6.96. The Labute approximate surface area is 321 Å². The molecule has 308 valence electrons. The van der Waals surface area contributed by atoms with Crippen LogP contribution in [-0.2, 0) is 18.4 Å². The molecule has 0 aromatic rings. The molecule has 0 saturated heterocycles. The predicted octanol–water partition coefficient (Wildman–Crippen LogP) is 6.26. The number of aliphatic hydroxyl groups is 4. The zero-order valence-corrected chi connectivity index (χ0v) is 34.4. The first kappa shape index (κ1) is 49.4. The maximum absolute atomic E-state index is 13.0. The standard InChI is InChI=1S/C41H75N2O9P/c1-6-8-10-11-12-13-14-15-16-17-18-19-21-26-38(45)37(33-52-53(49,50)51-31-30-43(3,4)5)42-41(48)27-23-22-25-35-36(40(47)32-39(35)46)29-28-34(44)24-20-9-7-2/h10-11,21-23,26,28-29,34-40,44-47H,6-9,12-20,24-25,27,30-33H2,1-5H3,(H-,42,48,49,50)/b11-10-,23-22-,26-21+,29-28+/t34-,35+,36-,37+,38-,39+,40-/m1/s1. The molecule has 5 N–H and O–H groups in total. The molecule has 0 bridgehead atoms. The van der Waals surface area contributed by atoms with Crippen molar-refractivity contribution in [3.8, 4) is 0 Å². The molecular weight excluding hydrogens is 695 g/mol. The van der Waals surface area contributed by atoms with Crippen LogP contribution in [0.2, 0.25) is 0 Å². The molecule has 1 rings (SSSR count). The van der Waals surface area contributed by atoms with Gasteiger partial charge in [-0.15, -0.1) is 0 Å². The van der Waals surface area contributed by atoms with Gasteiger partial charge in [0.15, 0.2) is 0 Å². The van der Waals surface area contributed by atoms with Gasteiger partial charge in [-0.05, 0) is 50.9 Å². The van der Waals surface area contributed by atoms with Crippen LogP contribution in [-0.4, -0.2) is 102 Å². The number of amides is 1. The largest absolute Gasteiger partial charge is 0.756 e. The average Bonchev–Trinajstić information content (AvgIpc) is 3.36. The van der Waals surface area contributed by atoms with Gasteiger partial charge in [0.05, 0.1) is 58.2 Å². The molecule has 1 aliphatic carbocycles. The Balaban J connectivity index is 2.71. The Kier molecular flexibility index (Phi) is 26.7. The number of unbranched alkanes of at least 4 members (excludes halogenated alkanes) is 10. The molecule has 1 unspecified atom stereocenters. The summed E-state index contributed by atoms with van der Waals surface area (Å²) >= 11 is 0. The summed E-state index contributed by atoms with van der Waals surface area (Å²) < 4.78 is 23.1. The highest BCUT2D eigenvalue weighted by Gasteiger charge is 2.39. The van der Waals surface area contributed by atoms with E-state index in [9.17, 15) is 34.7 Å². The Morgan fingerprint density at radius 3 is 2.17 bits per heavy atom. The van der Waals surface area contributed by atoms with Gasteiger partial charge in [-0.3, -0.25) is 9.36 Å². The summed E-state index contributed by atoms with van der Waals surface area (Å²) in [6.45, 7) is 4.17. The minimum Gasteiger partial charge on any atom is -0.756 e. The minimum atomic E-state index is -4.68. The van der Waals surface area contributed by atoms with Gasteiger partial charge in [-0.2, -0.15) is 0 Å². The molecule has 53 heavy (non-hydrogen) atoms.